The third-order valence-corrected chi connectivity index (χ3v) is 4.97. The van der Waals surface area contributed by atoms with Crippen LogP contribution >= 0.6 is 0 Å². The molecule has 1 amide bonds. The van der Waals surface area contributed by atoms with Gasteiger partial charge >= 0.3 is 0 Å². The number of hydrogen-bond donors (Lipinski definition) is 3. The smallest absolute Gasteiger partial charge is 0.267 e. The lowest BCUT2D eigenvalue weighted by atomic mass is 10.0. The van der Waals surface area contributed by atoms with Crippen molar-refractivity contribution in [3.05, 3.63) is 71.4 Å². The Labute approximate surface area is 157 Å². The summed E-state index contributed by atoms with van der Waals surface area (Å²) in [6.07, 6.45) is 7.20. The van der Waals surface area contributed by atoms with Gasteiger partial charge in [-0.05, 0) is 41.7 Å². The standard InChI is InChI=1S/C21H22N4O2/c26-21(24-27)10-6-15-5-8-18-16(13-15)7-9-20(18)22-11-12-25-14-17-3-1-2-4-19(17)23-25/h1-6,8,10,13-14,20,22,27H,7,9,11-12H2,(H,24,26)/b10-6+. The number of aromatic nitrogens is 2. The van der Waals surface area contributed by atoms with Crippen LogP contribution in [0.1, 0.15) is 29.2 Å². The first-order chi connectivity index (χ1) is 13.2. The summed E-state index contributed by atoms with van der Waals surface area (Å²) in [7, 11) is 0. The molecule has 0 saturated heterocycles. The zero-order valence-corrected chi connectivity index (χ0v) is 14.9. The number of aryl methyl sites for hydroxylation is 1. The van der Waals surface area contributed by atoms with Crippen molar-refractivity contribution in [2.45, 2.75) is 25.4 Å². The highest BCUT2D eigenvalue weighted by Gasteiger charge is 2.21. The Morgan fingerprint density at radius 3 is 3.04 bits per heavy atom. The molecule has 0 saturated carbocycles. The zero-order chi connectivity index (χ0) is 18.6. The van der Waals surface area contributed by atoms with E-state index in [1.807, 2.05) is 28.9 Å². The van der Waals surface area contributed by atoms with Gasteiger partial charge in [-0.25, -0.2) is 5.48 Å². The quantitative estimate of drug-likeness (QED) is 0.358. The summed E-state index contributed by atoms with van der Waals surface area (Å²) in [5, 5.41) is 17.9. The van der Waals surface area contributed by atoms with E-state index in [1.165, 1.54) is 22.6 Å². The van der Waals surface area contributed by atoms with Gasteiger partial charge in [0.05, 0.1) is 12.1 Å². The minimum absolute atomic E-state index is 0.351. The molecule has 1 atom stereocenters. The maximum atomic E-state index is 11.1. The van der Waals surface area contributed by atoms with Crippen molar-refractivity contribution in [3.8, 4) is 0 Å². The van der Waals surface area contributed by atoms with Gasteiger partial charge in [0, 0.05) is 30.2 Å². The molecule has 3 N–H and O–H groups in total. The van der Waals surface area contributed by atoms with E-state index in [2.05, 4.69) is 34.8 Å². The molecule has 6 heteroatoms. The lowest BCUT2D eigenvalue weighted by Gasteiger charge is -2.14. The van der Waals surface area contributed by atoms with Gasteiger partial charge < -0.3 is 5.32 Å². The van der Waals surface area contributed by atoms with Crippen LogP contribution in [0.25, 0.3) is 17.0 Å². The Hall–Kier alpha value is -2.96. The average molecular weight is 362 g/mol. The normalized spacial score (nSPS) is 16.1. The maximum Gasteiger partial charge on any atom is 0.267 e. The van der Waals surface area contributed by atoms with Crippen molar-refractivity contribution < 1.29 is 10.0 Å². The molecule has 0 bridgehead atoms. The zero-order valence-electron chi connectivity index (χ0n) is 14.9. The van der Waals surface area contributed by atoms with Crippen LogP contribution in [0.3, 0.4) is 0 Å². The van der Waals surface area contributed by atoms with Crippen LogP contribution < -0.4 is 10.8 Å². The number of hydrogen-bond acceptors (Lipinski definition) is 4. The van der Waals surface area contributed by atoms with Crippen molar-refractivity contribution in [2.75, 3.05) is 6.54 Å². The number of nitrogens with one attached hydrogen (secondary N) is 2. The highest BCUT2D eigenvalue weighted by Crippen LogP contribution is 2.31. The second-order valence-corrected chi connectivity index (χ2v) is 6.76. The third kappa shape index (κ3) is 3.92. The van der Waals surface area contributed by atoms with Gasteiger partial charge in [-0.3, -0.25) is 14.7 Å². The molecule has 0 spiro atoms. The summed E-state index contributed by atoms with van der Waals surface area (Å²) >= 11 is 0. The fourth-order valence-corrected chi connectivity index (χ4v) is 3.65. The number of carbonyl (C=O) groups excluding carboxylic acids is 1. The van der Waals surface area contributed by atoms with E-state index in [4.69, 9.17) is 5.21 Å². The number of hydroxylamine groups is 1. The molecule has 1 aromatic heterocycles. The monoisotopic (exact) mass is 362 g/mol. The Kier molecular flexibility index (Phi) is 5.00. The van der Waals surface area contributed by atoms with Crippen molar-refractivity contribution in [3.63, 3.8) is 0 Å². The van der Waals surface area contributed by atoms with Gasteiger partial charge in [0.1, 0.15) is 0 Å². The van der Waals surface area contributed by atoms with Crippen LogP contribution in [0.5, 0.6) is 0 Å². The van der Waals surface area contributed by atoms with Crippen molar-refractivity contribution in [1.29, 1.82) is 0 Å². The largest absolute Gasteiger partial charge is 0.308 e. The number of rotatable bonds is 6. The summed E-state index contributed by atoms with van der Waals surface area (Å²) in [6.45, 7) is 1.69. The Morgan fingerprint density at radius 2 is 2.19 bits per heavy atom. The van der Waals surface area contributed by atoms with E-state index in [0.29, 0.717) is 6.04 Å². The number of nitrogens with zero attached hydrogens (tertiary/aromatic N) is 2. The van der Waals surface area contributed by atoms with E-state index in [-0.39, 0.29) is 0 Å². The van der Waals surface area contributed by atoms with Crippen LogP contribution in [0.2, 0.25) is 0 Å². The highest BCUT2D eigenvalue weighted by atomic mass is 16.5. The number of amides is 1. The number of carbonyl (C=O) groups is 1. The van der Waals surface area contributed by atoms with Gasteiger partial charge in [0.15, 0.2) is 0 Å². The second-order valence-electron chi connectivity index (χ2n) is 6.76. The average Bonchev–Trinajstić information content (AvgIpc) is 3.29. The number of benzene rings is 2. The topological polar surface area (TPSA) is 79.2 Å². The van der Waals surface area contributed by atoms with E-state index in [0.717, 1.165) is 37.0 Å². The SMILES string of the molecule is O=C(/C=C/c1ccc2c(c1)CCC2NCCn1cc2ccccc2n1)NO. The molecule has 27 heavy (non-hydrogen) atoms. The Balaban J connectivity index is 1.36. The van der Waals surface area contributed by atoms with E-state index in [9.17, 15) is 4.79 Å². The predicted molar refractivity (Wildman–Crippen MR) is 104 cm³/mol. The summed E-state index contributed by atoms with van der Waals surface area (Å²) in [5.74, 6) is -0.527. The van der Waals surface area contributed by atoms with Gasteiger partial charge in [-0.2, -0.15) is 5.10 Å². The molecule has 0 radical (unpaired) electrons. The second kappa shape index (κ2) is 7.73. The number of fused-ring (bicyclic) bond motifs is 2. The van der Waals surface area contributed by atoms with E-state index in [1.54, 1.807) is 11.6 Å². The Morgan fingerprint density at radius 1 is 1.30 bits per heavy atom. The van der Waals surface area contributed by atoms with Gasteiger partial charge in [0.2, 0.25) is 0 Å². The molecule has 0 fully saturated rings. The first kappa shape index (κ1) is 17.5. The summed E-state index contributed by atoms with van der Waals surface area (Å²) in [5.41, 5.74) is 6.22. The molecular formula is C21H22N4O2. The molecule has 6 nitrogen and oxygen atoms in total. The molecule has 1 aliphatic carbocycles. The first-order valence-electron chi connectivity index (χ1n) is 9.13. The van der Waals surface area contributed by atoms with Gasteiger partial charge in [-0.1, -0.05) is 36.4 Å². The van der Waals surface area contributed by atoms with Crippen molar-refractivity contribution in [2.24, 2.45) is 0 Å². The lowest BCUT2D eigenvalue weighted by Crippen LogP contribution is -2.24. The first-order valence-corrected chi connectivity index (χ1v) is 9.13. The highest BCUT2D eigenvalue weighted by molar-refractivity contribution is 5.90. The maximum absolute atomic E-state index is 11.1. The van der Waals surface area contributed by atoms with Gasteiger partial charge in [-0.15, -0.1) is 0 Å². The van der Waals surface area contributed by atoms with E-state index < -0.39 is 5.91 Å². The molecule has 0 aliphatic heterocycles. The molecule has 1 unspecified atom stereocenters. The third-order valence-electron chi connectivity index (χ3n) is 4.97. The fourth-order valence-electron chi connectivity index (χ4n) is 3.65. The minimum Gasteiger partial charge on any atom is -0.308 e. The minimum atomic E-state index is -0.527. The van der Waals surface area contributed by atoms with Gasteiger partial charge in [0.25, 0.3) is 5.91 Å². The molecule has 1 heterocycles. The molecule has 3 aromatic rings. The van der Waals surface area contributed by atoms with Crippen LogP contribution in [-0.2, 0) is 17.8 Å². The summed E-state index contributed by atoms with van der Waals surface area (Å²) in [6, 6.07) is 14.7. The van der Waals surface area contributed by atoms with E-state index >= 15 is 0 Å². The molecule has 2 aromatic carbocycles. The molecular weight excluding hydrogens is 340 g/mol. The molecule has 1 aliphatic rings. The summed E-state index contributed by atoms with van der Waals surface area (Å²) < 4.78 is 1.99. The fraction of sp³-hybridized carbons (Fsp3) is 0.238. The van der Waals surface area contributed by atoms with Crippen LogP contribution in [0, 0.1) is 0 Å². The summed E-state index contributed by atoms with van der Waals surface area (Å²) in [4.78, 5) is 11.1. The Bertz CT molecular complexity index is 960. The molecule has 4 rings (SSSR count). The molecule has 138 valence electrons. The van der Waals surface area contributed by atoms with Crippen LogP contribution in [-0.4, -0.2) is 27.4 Å². The van der Waals surface area contributed by atoms with Crippen molar-refractivity contribution in [1.82, 2.24) is 20.6 Å². The lowest BCUT2D eigenvalue weighted by molar-refractivity contribution is -0.124. The van der Waals surface area contributed by atoms with Crippen molar-refractivity contribution >= 4 is 22.9 Å². The van der Waals surface area contributed by atoms with Crippen LogP contribution in [0.15, 0.2) is 54.7 Å². The van der Waals surface area contributed by atoms with Crippen LogP contribution in [0.4, 0.5) is 0 Å². The predicted octanol–water partition coefficient (Wildman–Crippen LogP) is 2.83.